The molecule has 10 radical (unpaired) electrons. The summed E-state index contributed by atoms with van der Waals surface area (Å²) in [5.41, 5.74) is 7.09. The van der Waals surface area contributed by atoms with Crippen molar-refractivity contribution in [1.29, 1.82) is 0 Å². The van der Waals surface area contributed by atoms with E-state index in [1.807, 2.05) is 44.2 Å². The van der Waals surface area contributed by atoms with Gasteiger partial charge in [-0.2, -0.15) is 0 Å². The zero-order valence-corrected chi connectivity index (χ0v) is 29.3. The number of rotatable bonds is 13. The second-order valence-corrected chi connectivity index (χ2v) is 12.3. The van der Waals surface area contributed by atoms with Crippen LogP contribution in [0.2, 0.25) is 0 Å². The number of para-hydroxylation sites is 3. The van der Waals surface area contributed by atoms with Crippen LogP contribution in [-0.4, -0.2) is 78.7 Å². The Labute approximate surface area is 299 Å². The molecule has 3 fully saturated rings. The first-order chi connectivity index (χ1) is 23.2. The Morgan fingerprint density at radius 3 is 2.08 bits per heavy atom. The van der Waals surface area contributed by atoms with E-state index in [1.54, 1.807) is 7.11 Å². The topological polar surface area (TPSA) is 57.1 Å². The molecule has 8 heteroatoms. The number of anilines is 1. The zero-order chi connectivity index (χ0) is 32.3. The van der Waals surface area contributed by atoms with Crippen molar-refractivity contribution in [2.24, 2.45) is 0 Å². The first-order valence-corrected chi connectivity index (χ1v) is 17.0. The summed E-state index contributed by atoms with van der Waals surface area (Å²) in [6.07, 6.45) is 23.1. The van der Waals surface area contributed by atoms with Crippen molar-refractivity contribution < 1.29 is 21.8 Å². The molecule has 3 heterocycles. The van der Waals surface area contributed by atoms with Crippen LogP contribution < -0.4 is 15.4 Å². The van der Waals surface area contributed by atoms with Gasteiger partial charge in [-0.1, -0.05) is 30.3 Å². The number of fused-ring (bicyclic) bond motifs is 3. The van der Waals surface area contributed by atoms with E-state index in [-0.39, 0.29) is 17.1 Å². The molecule has 7 nitrogen and oxygen atoms in total. The molecule has 0 spiro atoms. The van der Waals surface area contributed by atoms with E-state index >= 15 is 0 Å². The van der Waals surface area contributed by atoms with E-state index in [0.29, 0.717) is 0 Å². The molecule has 1 saturated heterocycles. The average Bonchev–Trinajstić information content (AvgIpc) is 3.91. The minimum absolute atomic E-state index is 0. The minimum Gasteiger partial charge on any atom is -0.496 e. The molecule has 0 unspecified atom stereocenters. The van der Waals surface area contributed by atoms with Gasteiger partial charge in [0.1, 0.15) is 5.75 Å². The Balaban J connectivity index is 0.000000689. The second kappa shape index (κ2) is 19.0. The molecule has 2 aromatic carbocycles. The molecule has 3 aliphatic rings. The summed E-state index contributed by atoms with van der Waals surface area (Å²) in [7, 11) is 1.74. The first kappa shape index (κ1) is 36.7. The summed E-state index contributed by atoms with van der Waals surface area (Å²) in [6, 6.07) is 16.7. The van der Waals surface area contributed by atoms with E-state index < -0.39 is 0 Å². The number of methoxy groups -OCH3 is 1. The molecular formula is C40H48FeN6O+2. The largest absolute Gasteiger partial charge is 2.00 e. The maximum atomic E-state index is 5.46. The van der Waals surface area contributed by atoms with Crippen LogP contribution in [0.3, 0.4) is 0 Å². The average molecular weight is 685 g/mol. The zero-order valence-electron chi connectivity index (χ0n) is 28.2. The number of hydrogen-bond donors (Lipinski definition) is 2. The maximum Gasteiger partial charge on any atom is 2.00 e. The molecule has 0 amide bonds. The van der Waals surface area contributed by atoms with Crippen LogP contribution in [0.4, 0.5) is 5.82 Å². The number of aryl methyl sites for hydroxylation is 1. The summed E-state index contributed by atoms with van der Waals surface area (Å²) in [6.45, 7) is 11.8. The van der Waals surface area contributed by atoms with E-state index in [2.05, 4.69) is 100 Å². The molecule has 2 N–H and O–H groups in total. The first-order valence-electron chi connectivity index (χ1n) is 17.0. The quantitative estimate of drug-likeness (QED) is 0.130. The third-order valence-corrected chi connectivity index (χ3v) is 9.04. The van der Waals surface area contributed by atoms with Gasteiger partial charge in [0.15, 0.2) is 5.82 Å². The molecule has 2 saturated carbocycles. The van der Waals surface area contributed by atoms with Crippen LogP contribution in [0.25, 0.3) is 16.6 Å². The predicted molar refractivity (Wildman–Crippen MR) is 194 cm³/mol. The van der Waals surface area contributed by atoms with Crippen LogP contribution in [0.1, 0.15) is 29.5 Å². The van der Waals surface area contributed by atoms with Crippen molar-refractivity contribution in [3.05, 3.63) is 135 Å². The molecule has 4 aromatic rings. The van der Waals surface area contributed by atoms with Crippen LogP contribution in [0.15, 0.2) is 54.7 Å². The fourth-order valence-corrected chi connectivity index (χ4v) is 6.58. The van der Waals surface area contributed by atoms with Gasteiger partial charge < -0.3 is 29.6 Å². The molecule has 250 valence electrons. The van der Waals surface area contributed by atoms with Gasteiger partial charge in [-0.25, -0.2) is 4.98 Å². The van der Waals surface area contributed by atoms with Gasteiger partial charge in [0.05, 0.1) is 23.7 Å². The van der Waals surface area contributed by atoms with Crippen LogP contribution in [-0.2, 0) is 23.6 Å². The Hall–Kier alpha value is -2.61. The van der Waals surface area contributed by atoms with Gasteiger partial charge in [0, 0.05) is 56.9 Å². The van der Waals surface area contributed by atoms with Crippen molar-refractivity contribution in [2.75, 3.05) is 64.8 Å². The number of hydrogen-bond acceptors (Lipinski definition) is 6. The smallest absolute Gasteiger partial charge is 0.496 e. The number of benzene rings is 2. The van der Waals surface area contributed by atoms with E-state index in [0.717, 1.165) is 94.3 Å². The minimum atomic E-state index is 0. The van der Waals surface area contributed by atoms with Gasteiger partial charge in [0.25, 0.3) is 0 Å². The van der Waals surface area contributed by atoms with Crippen LogP contribution in [0.5, 0.6) is 5.75 Å². The Morgan fingerprint density at radius 1 is 0.771 bits per heavy atom. The number of ether oxygens (including phenoxy) is 1. The van der Waals surface area contributed by atoms with Gasteiger partial charge in [-0.05, 0) is 127 Å². The fourth-order valence-electron chi connectivity index (χ4n) is 6.58. The molecule has 0 bridgehead atoms. The predicted octanol–water partition coefficient (Wildman–Crippen LogP) is 6.18. The standard InChI is InChI=1S/C35H43N6O.C5H5.Fe/c1-27-26-41-31-15-7-6-14-30(31)38-35(34(41)33(27)28-11-3-4-12-28)37-18-10-20-40-23-21-39(22-24-40)19-9-17-36-25-29-13-5-8-16-32(29)42-2;1-2-4-5-3-1;/h3-8,11-16,26,36H,9-10,17-25H2,1-2H3,(H,37,38);1-5H;/q;;+2. The van der Waals surface area contributed by atoms with E-state index in [9.17, 15) is 0 Å². The molecular weight excluding hydrogens is 636 g/mol. The summed E-state index contributed by atoms with van der Waals surface area (Å²) in [5.74, 6) is 3.18. The number of piperazine rings is 1. The molecule has 2 aliphatic carbocycles. The second-order valence-electron chi connectivity index (χ2n) is 12.3. The molecule has 7 rings (SSSR count). The maximum absolute atomic E-state index is 5.46. The van der Waals surface area contributed by atoms with Crippen molar-refractivity contribution in [3.63, 3.8) is 0 Å². The van der Waals surface area contributed by atoms with Gasteiger partial charge in [0.2, 0.25) is 0 Å². The summed E-state index contributed by atoms with van der Waals surface area (Å²) in [5, 5.41) is 7.29. The number of nitrogens with zero attached hydrogens (tertiary/aromatic N) is 4. The Kier molecular flexibility index (Phi) is 14.5. The van der Waals surface area contributed by atoms with Crippen molar-refractivity contribution >= 4 is 22.4 Å². The number of aromatic nitrogens is 2. The monoisotopic (exact) mass is 684 g/mol. The van der Waals surface area contributed by atoms with Crippen molar-refractivity contribution in [2.45, 2.75) is 26.3 Å². The van der Waals surface area contributed by atoms with E-state index in [1.165, 1.54) is 28.1 Å². The number of nitrogens with one attached hydrogen (secondary N) is 2. The molecule has 48 heavy (non-hydrogen) atoms. The Morgan fingerprint density at radius 2 is 1.40 bits per heavy atom. The fraction of sp³-hybridized carbons (Fsp3) is 0.325. The Bertz CT molecular complexity index is 1530. The van der Waals surface area contributed by atoms with Crippen LogP contribution in [0, 0.1) is 70.6 Å². The van der Waals surface area contributed by atoms with Crippen LogP contribution >= 0.6 is 0 Å². The van der Waals surface area contributed by atoms with E-state index in [4.69, 9.17) is 9.72 Å². The molecule has 0 atom stereocenters. The van der Waals surface area contributed by atoms with Gasteiger partial charge >= 0.3 is 17.1 Å². The third kappa shape index (κ3) is 9.54. The summed E-state index contributed by atoms with van der Waals surface area (Å²) in [4.78, 5) is 10.3. The summed E-state index contributed by atoms with van der Waals surface area (Å²) >= 11 is 0. The molecule has 2 aromatic heterocycles. The summed E-state index contributed by atoms with van der Waals surface area (Å²) < 4.78 is 7.77. The molecule has 1 aliphatic heterocycles. The van der Waals surface area contributed by atoms with Crippen molar-refractivity contribution in [3.8, 4) is 5.75 Å². The van der Waals surface area contributed by atoms with Gasteiger partial charge in [-0.15, -0.1) is 0 Å². The third-order valence-electron chi connectivity index (χ3n) is 9.04. The van der Waals surface area contributed by atoms with Crippen molar-refractivity contribution in [1.82, 2.24) is 24.5 Å². The van der Waals surface area contributed by atoms with Gasteiger partial charge in [-0.3, -0.25) is 0 Å². The normalized spacial score (nSPS) is 17.4. The SMILES string of the molecule is COc1ccccc1CNCCCN1CCN(CCCNc2nc3ccccc3n3cc(C)c([C]4[CH][CH][CH][CH]4)c23)CC1.[CH]1[CH][CH][CH][CH]1.[Fe+2].